The number of ether oxygens (including phenoxy) is 1. The van der Waals surface area contributed by atoms with E-state index in [1.165, 1.54) is 0 Å². The lowest BCUT2D eigenvalue weighted by Crippen LogP contribution is -2.51. The van der Waals surface area contributed by atoms with Crippen LogP contribution in [0.5, 0.6) is 5.75 Å². The Morgan fingerprint density at radius 1 is 1.14 bits per heavy atom. The number of benzene rings is 1. The number of methoxy groups -OCH3 is 1. The maximum Gasteiger partial charge on any atom is 0.258 e. The smallest absolute Gasteiger partial charge is 0.258 e. The summed E-state index contributed by atoms with van der Waals surface area (Å²) in [5.41, 5.74) is 2.57. The van der Waals surface area contributed by atoms with Crippen LogP contribution >= 0.6 is 0 Å². The fourth-order valence-corrected chi connectivity index (χ4v) is 6.42. The van der Waals surface area contributed by atoms with Crippen molar-refractivity contribution in [1.82, 2.24) is 14.4 Å². The summed E-state index contributed by atoms with van der Waals surface area (Å²) >= 11 is 0. The Kier molecular flexibility index (Phi) is 6.80. The normalized spacial score (nSPS) is 26.2. The van der Waals surface area contributed by atoms with Gasteiger partial charge in [0.1, 0.15) is 5.75 Å². The molecule has 0 bridgehead atoms. The number of para-hydroxylation sites is 1. The Bertz CT molecular complexity index is 1170. The summed E-state index contributed by atoms with van der Waals surface area (Å²) in [6, 6.07) is 11.2. The minimum absolute atomic E-state index is 0.0113. The monoisotopic (exact) mass is 477 g/mol. The number of likely N-dealkylation sites (tertiary alicyclic amines) is 2. The average Bonchev–Trinajstić information content (AvgIpc) is 3.41. The van der Waals surface area contributed by atoms with Crippen molar-refractivity contribution in [1.29, 1.82) is 0 Å². The van der Waals surface area contributed by atoms with Crippen molar-refractivity contribution in [2.45, 2.75) is 51.4 Å². The molecule has 186 valence electrons. The van der Waals surface area contributed by atoms with Crippen LogP contribution in [0.15, 0.2) is 47.3 Å². The van der Waals surface area contributed by atoms with Crippen molar-refractivity contribution < 1.29 is 14.6 Å². The third kappa shape index (κ3) is 4.10. The lowest BCUT2D eigenvalue weighted by atomic mass is 9.88. The predicted molar refractivity (Wildman–Crippen MR) is 135 cm³/mol. The first kappa shape index (κ1) is 23.8. The number of hydrogen-bond acceptors (Lipinski definition) is 5. The summed E-state index contributed by atoms with van der Waals surface area (Å²) in [7, 11) is 1.66. The maximum absolute atomic E-state index is 13.9. The highest BCUT2D eigenvalue weighted by molar-refractivity contribution is 5.83. The number of hydrogen-bond donors (Lipinski definition) is 1. The summed E-state index contributed by atoms with van der Waals surface area (Å²) in [5, 5.41) is 10.6. The summed E-state index contributed by atoms with van der Waals surface area (Å²) in [6.45, 7) is 4.39. The number of fused-ring (bicyclic) bond motifs is 3. The quantitative estimate of drug-likeness (QED) is 0.692. The Labute approximate surface area is 206 Å². The van der Waals surface area contributed by atoms with Crippen LogP contribution in [0.1, 0.15) is 49.0 Å². The first-order valence-electron chi connectivity index (χ1n) is 12.7. The van der Waals surface area contributed by atoms with E-state index in [2.05, 4.69) is 4.90 Å². The minimum atomic E-state index is -0.433. The van der Waals surface area contributed by atoms with Gasteiger partial charge in [0, 0.05) is 61.4 Å². The Hall–Kier alpha value is -2.90. The minimum Gasteiger partial charge on any atom is -0.496 e. The molecule has 0 aliphatic carbocycles. The van der Waals surface area contributed by atoms with E-state index in [-0.39, 0.29) is 36.0 Å². The first-order valence-corrected chi connectivity index (χ1v) is 12.7. The van der Waals surface area contributed by atoms with Gasteiger partial charge in [-0.2, -0.15) is 0 Å². The van der Waals surface area contributed by atoms with Crippen LogP contribution < -0.4 is 10.3 Å². The van der Waals surface area contributed by atoms with Crippen LogP contribution in [0.3, 0.4) is 0 Å². The van der Waals surface area contributed by atoms with E-state index in [0.29, 0.717) is 18.7 Å². The second kappa shape index (κ2) is 9.99. The number of pyridine rings is 1. The molecular weight excluding hydrogens is 442 g/mol. The number of rotatable bonds is 6. The number of carbonyl (C=O) groups is 1. The van der Waals surface area contributed by atoms with E-state index in [1.54, 1.807) is 7.11 Å². The molecule has 1 N–H and O–H groups in total. The molecule has 0 spiro atoms. The highest BCUT2D eigenvalue weighted by Gasteiger charge is 2.56. The van der Waals surface area contributed by atoms with Crippen LogP contribution in [-0.4, -0.2) is 58.2 Å². The summed E-state index contributed by atoms with van der Waals surface area (Å²) < 4.78 is 7.48. The van der Waals surface area contributed by atoms with Gasteiger partial charge in [0.15, 0.2) is 0 Å². The molecule has 35 heavy (non-hydrogen) atoms. The van der Waals surface area contributed by atoms with Crippen LogP contribution in [0, 0.1) is 11.8 Å². The number of aromatic nitrogens is 1. The highest BCUT2D eigenvalue weighted by atomic mass is 16.5. The number of aliphatic hydroxyl groups is 1. The molecule has 7 heteroatoms. The molecule has 2 saturated heterocycles. The topological polar surface area (TPSA) is 75.0 Å². The molecule has 4 heterocycles. The van der Waals surface area contributed by atoms with Gasteiger partial charge in [0.05, 0.1) is 19.2 Å². The van der Waals surface area contributed by atoms with Gasteiger partial charge >= 0.3 is 0 Å². The number of amides is 1. The van der Waals surface area contributed by atoms with Gasteiger partial charge in [-0.05, 0) is 44.4 Å². The molecule has 0 unspecified atom stereocenters. The second-order valence-corrected chi connectivity index (χ2v) is 9.90. The van der Waals surface area contributed by atoms with Crippen molar-refractivity contribution in [2.75, 3.05) is 26.8 Å². The summed E-state index contributed by atoms with van der Waals surface area (Å²) in [4.78, 5) is 31.4. The zero-order chi connectivity index (χ0) is 24.5. The fourth-order valence-electron chi connectivity index (χ4n) is 6.42. The van der Waals surface area contributed by atoms with Crippen LogP contribution in [0.4, 0.5) is 0 Å². The highest BCUT2D eigenvalue weighted by Crippen LogP contribution is 2.50. The van der Waals surface area contributed by atoms with E-state index in [1.807, 2.05) is 64.9 Å². The second-order valence-electron chi connectivity index (χ2n) is 9.90. The molecule has 7 nitrogen and oxygen atoms in total. The lowest BCUT2D eigenvalue weighted by Gasteiger charge is -2.36. The Morgan fingerprint density at radius 3 is 2.63 bits per heavy atom. The molecule has 2 aromatic rings. The first-order chi connectivity index (χ1) is 17.1. The third-order valence-electron chi connectivity index (χ3n) is 8.03. The van der Waals surface area contributed by atoms with Gasteiger partial charge in [0.2, 0.25) is 5.91 Å². The zero-order valence-electron chi connectivity index (χ0n) is 20.6. The zero-order valence-corrected chi connectivity index (χ0v) is 20.6. The van der Waals surface area contributed by atoms with Crippen molar-refractivity contribution in [3.05, 3.63) is 69.6 Å². The van der Waals surface area contributed by atoms with Gasteiger partial charge in [0.25, 0.3) is 5.56 Å². The van der Waals surface area contributed by atoms with E-state index < -0.39 is 6.04 Å². The standard InChI is InChI=1S/C28H35N3O4/c1-3-9-19-12-13-23-25-21(17-30(23)27(19)33)22(18-32)26(28(34)29-14-7-4-8-15-29)31(25)16-20-10-5-6-11-24(20)35-2/h3,5-6,9-13,21-22,25-26,32H,4,7-8,14-18H2,1-2H3/b9-3+/t21-,22-,25+,26-/m0/s1. The summed E-state index contributed by atoms with van der Waals surface area (Å²) in [5.74, 6) is 0.627. The fraction of sp³-hybridized carbons (Fsp3) is 0.500. The van der Waals surface area contributed by atoms with Crippen molar-refractivity contribution in [3.8, 4) is 5.75 Å². The molecule has 1 amide bonds. The van der Waals surface area contributed by atoms with Gasteiger partial charge in [-0.15, -0.1) is 0 Å². The number of allylic oxidation sites excluding steroid dienone is 1. The largest absolute Gasteiger partial charge is 0.496 e. The molecule has 3 aliphatic rings. The van der Waals surface area contributed by atoms with Gasteiger partial charge in [-0.1, -0.05) is 30.4 Å². The average molecular weight is 478 g/mol. The Morgan fingerprint density at radius 2 is 1.91 bits per heavy atom. The molecule has 1 aromatic heterocycles. The predicted octanol–water partition coefficient (Wildman–Crippen LogP) is 3.07. The molecular formula is C28H35N3O4. The van der Waals surface area contributed by atoms with Crippen LogP contribution in [0.25, 0.3) is 6.08 Å². The van der Waals surface area contributed by atoms with E-state index in [9.17, 15) is 14.7 Å². The van der Waals surface area contributed by atoms with Gasteiger partial charge < -0.3 is 19.3 Å². The molecule has 5 rings (SSSR count). The van der Waals surface area contributed by atoms with Gasteiger partial charge in [-0.25, -0.2) is 0 Å². The lowest BCUT2D eigenvalue weighted by molar-refractivity contribution is -0.139. The van der Waals surface area contributed by atoms with Crippen molar-refractivity contribution in [2.24, 2.45) is 11.8 Å². The Balaban J connectivity index is 1.59. The SMILES string of the molecule is C/C=C/c1ccc2n(c1=O)C[C@H]1[C@H](CO)[C@@H](C(=O)N3CCCCC3)N(Cc3ccccc3OC)[C@@H]21. The molecule has 2 fully saturated rings. The van der Waals surface area contributed by atoms with Crippen molar-refractivity contribution >= 4 is 12.0 Å². The van der Waals surface area contributed by atoms with E-state index in [4.69, 9.17) is 4.74 Å². The van der Waals surface area contributed by atoms with Crippen LogP contribution in [-0.2, 0) is 17.9 Å². The molecule has 4 atom stereocenters. The number of carbonyl (C=O) groups excluding carboxylic acids is 1. The number of aliphatic hydroxyl groups excluding tert-OH is 1. The molecule has 3 aliphatic heterocycles. The number of piperidine rings is 1. The number of nitrogens with zero attached hydrogens (tertiary/aromatic N) is 3. The molecule has 0 saturated carbocycles. The van der Waals surface area contributed by atoms with Gasteiger partial charge in [-0.3, -0.25) is 14.5 Å². The third-order valence-corrected chi connectivity index (χ3v) is 8.03. The van der Waals surface area contributed by atoms with E-state index in [0.717, 1.165) is 49.4 Å². The maximum atomic E-state index is 13.9. The van der Waals surface area contributed by atoms with Crippen LogP contribution in [0.2, 0.25) is 0 Å². The molecule has 1 aromatic carbocycles. The van der Waals surface area contributed by atoms with Crippen molar-refractivity contribution in [3.63, 3.8) is 0 Å². The van der Waals surface area contributed by atoms with E-state index >= 15 is 0 Å². The molecule has 0 radical (unpaired) electrons. The summed E-state index contributed by atoms with van der Waals surface area (Å²) in [6.07, 6.45) is 6.90.